The molecule has 1 N–H and O–H groups in total. The van der Waals surface area contributed by atoms with Crippen LogP contribution in [-0.4, -0.2) is 14.5 Å². The highest BCUT2D eigenvalue weighted by atomic mass is 32.1. The molecule has 1 unspecified atom stereocenters. The minimum absolute atomic E-state index is 0.275. The Labute approximate surface area is 122 Å². The van der Waals surface area contributed by atoms with Gasteiger partial charge in [-0.1, -0.05) is 0 Å². The first-order valence-corrected chi connectivity index (χ1v) is 7.15. The Morgan fingerprint density at radius 2 is 2.35 bits per heavy atom. The molecule has 0 saturated carbocycles. The first kappa shape index (κ1) is 13.1. The highest BCUT2D eigenvalue weighted by molar-refractivity contribution is 7.71. The van der Waals surface area contributed by atoms with Crippen LogP contribution in [0.5, 0.6) is 0 Å². The highest BCUT2D eigenvalue weighted by Crippen LogP contribution is 2.21. The van der Waals surface area contributed by atoms with Gasteiger partial charge in [-0.3, -0.25) is 4.57 Å². The zero-order valence-corrected chi connectivity index (χ0v) is 12.4. The molecule has 3 heterocycles. The van der Waals surface area contributed by atoms with E-state index in [0.717, 1.165) is 40.1 Å². The van der Waals surface area contributed by atoms with Crippen molar-refractivity contribution in [3.8, 4) is 0 Å². The van der Waals surface area contributed by atoms with Crippen molar-refractivity contribution in [2.75, 3.05) is 0 Å². The van der Waals surface area contributed by atoms with E-state index >= 15 is 0 Å². The van der Waals surface area contributed by atoms with Crippen LogP contribution in [0, 0.1) is 11.7 Å². The van der Waals surface area contributed by atoms with Gasteiger partial charge < -0.3 is 9.40 Å². The average molecular weight is 287 g/mol. The first-order chi connectivity index (χ1) is 9.65. The molecule has 20 heavy (non-hydrogen) atoms. The number of aromatic amines is 1. The summed E-state index contributed by atoms with van der Waals surface area (Å²) in [5.74, 6) is 1.01. The van der Waals surface area contributed by atoms with Gasteiger partial charge in [-0.25, -0.2) is 4.98 Å². The Bertz CT molecular complexity index is 770. The third-order valence-electron chi connectivity index (χ3n) is 3.52. The number of hydrogen-bond donors (Lipinski definition) is 1. The maximum absolute atomic E-state index is 5.43. The predicted octanol–water partition coefficient (Wildman–Crippen LogP) is 4.19. The van der Waals surface area contributed by atoms with E-state index in [1.807, 2.05) is 25.3 Å². The van der Waals surface area contributed by atoms with E-state index in [1.165, 1.54) is 0 Å². The van der Waals surface area contributed by atoms with Crippen LogP contribution in [0.1, 0.15) is 30.7 Å². The third kappa shape index (κ3) is 2.41. The van der Waals surface area contributed by atoms with Gasteiger partial charge in [-0.15, -0.1) is 0 Å². The Morgan fingerprint density at radius 1 is 1.50 bits per heavy atom. The largest absolute Gasteiger partial charge is 0.469 e. The quantitative estimate of drug-likeness (QED) is 0.732. The van der Waals surface area contributed by atoms with Crippen molar-refractivity contribution in [3.05, 3.63) is 46.8 Å². The summed E-state index contributed by atoms with van der Waals surface area (Å²) < 4.78 is 8.19. The average Bonchev–Trinajstić information content (AvgIpc) is 3.02. The van der Waals surface area contributed by atoms with Crippen molar-refractivity contribution >= 4 is 23.4 Å². The number of imidazole rings is 1. The Hall–Kier alpha value is -1.88. The summed E-state index contributed by atoms with van der Waals surface area (Å²) in [6.07, 6.45) is 5.45. The van der Waals surface area contributed by atoms with E-state index < -0.39 is 0 Å². The lowest BCUT2D eigenvalue weighted by molar-refractivity contribution is 0.454. The summed E-state index contributed by atoms with van der Waals surface area (Å²) in [6.45, 7) is 4.19. The van der Waals surface area contributed by atoms with E-state index in [1.54, 1.807) is 6.26 Å². The number of rotatable bonds is 4. The van der Waals surface area contributed by atoms with Crippen LogP contribution in [-0.2, 0) is 6.42 Å². The summed E-state index contributed by atoms with van der Waals surface area (Å²) in [5, 5.41) is 0. The van der Waals surface area contributed by atoms with E-state index in [2.05, 4.69) is 27.5 Å². The van der Waals surface area contributed by atoms with Crippen LogP contribution >= 0.6 is 12.2 Å². The molecule has 4 nitrogen and oxygen atoms in total. The Kier molecular flexibility index (Phi) is 3.44. The summed E-state index contributed by atoms with van der Waals surface area (Å²) >= 11 is 5.43. The van der Waals surface area contributed by atoms with E-state index in [0.29, 0.717) is 0 Å². The number of aromatic nitrogens is 3. The molecule has 0 radical (unpaired) electrons. The Balaban J connectivity index is 1.89. The van der Waals surface area contributed by atoms with Gasteiger partial charge >= 0.3 is 0 Å². The fourth-order valence-corrected chi connectivity index (χ4v) is 2.84. The lowest BCUT2D eigenvalue weighted by atomic mass is 10.1. The topological polar surface area (TPSA) is 46.8 Å². The van der Waals surface area contributed by atoms with Gasteiger partial charge in [0, 0.05) is 18.7 Å². The summed E-state index contributed by atoms with van der Waals surface area (Å²) in [6, 6.07) is 6.27. The number of nitrogens with one attached hydrogen (secondary N) is 1. The zero-order chi connectivity index (χ0) is 14.1. The SMILES string of the molecule is Cc1cnc2c(c1)[nH]c(=S)n2C(C)CCc1ccco1. The third-order valence-corrected chi connectivity index (χ3v) is 3.82. The molecule has 0 aliphatic heterocycles. The van der Waals surface area contributed by atoms with Gasteiger partial charge in [-0.05, 0) is 56.2 Å². The molecular weight excluding hydrogens is 270 g/mol. The minimum atomic E-state index is 0.275. The fourth-order valence-electron chi connectivity index (χ4n) is 2.46. The molecule has 3 aromatic heterocycles. The molecule has 0 fully saturated rings. The highest BCUT2D eigenvalue weighted by Gasteiger charge is 2.13. The molecule has 0 amide bonds. The standard InChI is InChI=1S/C15H17N3OS/c1-10-8-13-14(16-9-10)18(15(20)17-13)11(2)5-6-12-4-3-7-19-12/h3-4,7-9,11H,5-6H2,1-2H3,(H,17,20). The number of H-pyrrole nitrogens is 1. The number of furan rings is 1. The molecular formula is C15H17N3OS. The molecule has 0 bridgehead atoms. The maximum Gasteiger partial charge on any atom is 0.179 e. The monoisotopic (exact) mass is 287 g/mol. The van der Waals surface area contributed by atoms with Gasteiger partial charge in [0.05, 0.1) is 11.8 Å². The predicted molar refractivity (Wildman–Crippen MR) is 81.4 cm³/mol. The lowest BCUT2D eigenvalue weighted by Gasteiger charge is -2.13. The van der Waals surface area contributed by atoms with Crippen molar-refractivity contribution in [1.82, 2.24) is 14.5 Å². The minimum Gasteiger partial charge on any atom is -0.469 e. The molecule has 0 aliphatic carbocycles. The number of nitrogens with zero attached hydrogens (tertiary/aromatic N) is 2. The van der Waals surface area contributed by atoms with E-state index in [9.17, 15) is 0 Å². The second-order valence-corrected chi connectivity index (χ2v) is 5.54. The number of aryl methyl sites for hydroxylation is 2. The molecule has 3 rings (SSSR count). The fraction of sp³-hybridized carbons (Fsp3) is 0.333. The van der Waals surface area contributed by atoms with Crippen LogP contribution in [0.25, 0.3) is 11.2 Å². The van der Waals surface area contributed by atoms with Gasteiger partial charge in [0.15, 0.2) is 10.4 Å². The molecule has 3 aromatic rings. The summed E-state index contributed by atoms with van der Waals surface area (Å²) in [7, 11) is 0. The van der Waals surface area contributed by atoms with Crippen molar-refractivity contribution in [3.63, 3.8) is 0 Å². The second-order valence-electron chi connectivity index (χ2n) is 5.15. The molecule has 0 aliphatic rings. The van der Waals surface area contributed by atoms with Gasteiger partial charge in [0.2, 0.25) is 0 Å². The van der Waals surface area contributed by atoms with Crippen LogP contribution in [0.4, 0.5) is 0 Å². The molecule has 5 heteroatoms. The molecule has 0 aromatic carbocycles. The Morgan fingerprint density at radius 3 is 3.10 bits per heavy atom. The number of pyridine rings is 1. The van der Waals surface area contributed by atoms with Crippen molar-refractivity contribution < 1.29 is 4.42 Å². The normalized spacial score (nSPS) is 12.9. The summed E-state index contributed by atoms with van der Waals surface area (Å²) in [5.41, 5.74) is 3.05. The number of fused-ring (bicyclic) bond motifs is 1. The van der Waals surface area contributed by atoms with Crippen LogP contribution in [0.15, 0.2) is 35.1 Å². The zero-order valence-electron chi connectivity index (χ0n) is 11.6. The lowest BCUT2D eigenvalue weighted by Crippen LogP contribution is -2.07. The maximum atomic E-state index is 5.43. The van der Waals surface area contributed by atoms with Gasteiger partial charge in [0.1, 0.15) is 5.76 Å². The van der Waals surface area contributed by atoms with Crippen molar-refractivity contribution in [1.29, 1.82) is 0 Å². The van der Waals surface area contributed by atoms with Crippen LogP contribution < -0.4 is 0 Å². The van der Waals surface area contributed by atoms with Crippen molar-refractivity contribution in [2.45, 2.75) is 32.7 Å². The second kappa shape index (κ2) is 5.25. The summed E-state index contributed by atoms with van der Waals surface area (Å²) in [4.78, 5) is 7.74. The molecule has 1 atom stereocenters. The van der Waals surface area contributed by atoms with Crippen molar-refractivity contribution in [2.24, 2.45) is 0 Å². The first-order valence-electron chi connectivity index (χ1n) is 6.74. The molecule has 104 valence electrons. The smallest absolute Gasteiger partial charge is 0.179 e. The number of hydrogen-bond acceptors (Lipinski definition) is 3. The van der Waals surface area contributed by atoms with E-state index in [4.69, 9.17) is 16.6 Å². The van der Waals surface area contributed by atoms with Gasteiger partial charge in [-0.2, -0.15) is 0 Å². The molecule has 0 saturated heterocycles. The van der Waals surface area contributed by atoms with E-state index in [-0.39, 0.29) is 6.04 Å². The van der Waals surface area contributed by atoms with Crippen LogP contribution in [0.2, 0.25) is 0 Å². The van der Waals surface area contributed by atoms with Gasteiger partial charge in [0.25, 0.3) is 0 Å². The molecule has 0 spiro atoms. The van der Waals surface area contributed by atoms with Crippen LogP contribution in [0.3, 0.4) is 0 Å².